The molecule has 0 spiro atoms. The van der Waals surface area contributed by atoms with E-state index in [0.717, 1.165) is 11.3 Å². The van der Waals surface area contributed by atoms with Crippen LogP contribution in [0.2, 0.25) is 0 Å². The lowest BCUT2D eigenvalue weighted by molar-refractivity contribution is -0.115. The van der Waals surface area contributed by atoms with Gasteiger partial charge in [-0.2, -0.15) is 0 Å². The molecule has 0 aliphatic heterocycles. The Kier molecular flexibility index (Phi) is 5.51. The number of nitrogens with one attached hydrogen (secondary N) is 2. The zero-order chi connectivity index (χ0) is 15.1. The van der Waals surface area contributed by atoms with E-state index in [-0.39, 0.29) is 11.8 Å². The molecule has 0 bridgehead atoms. The van der Waals surface area contributed by atoms with E-state index in [0.29, 0.717) is 24.2 Å². The van der Waals surface area contributed by atoms with Crippen molar-refractivity contribution in [1.29, 1.82) is 0 Å². The molecule has 2 N–H and O–H groups in total. The molecule has 0 atom stereocenters. The Bertz CT molecular complexity index is 608. The molecule has 2 rings (SSSR count). The zero-order valence-electron chi connectivity index (χ0n) is 11.9. The molecule has 21 heavy (non-hydrogen) atoms. The van der Waals surface area contributed by atoms with E-state index >= 15 is 0 Å². The van der Waals surface area contributed by atoms with Gasteiger partial charge in [-0.25, -0.2) is 0 Å². The smallest absolute Gasteiger partial charge is 0.253 e. The van der Waals surface area contributed by atoms with Crippen LogP contribution in [0.3, 0.4) is 0 Å². The average Bonchev–Trinajstić information content (AvgIpc) is 2.98. The number of anilines is 1. The number of benzene rings is 1. The lowest BCUT2D eigenvalue weighted by Crippen LogP contribution is -2.26. The average molecular weight is 302 g/mol. The molecule has 0 aliphatic rings. The minimum Gasteiger partial charge on any atom is -0.352 e. The molecule has 0 radical (unpaired) electrons. The standard InChI is InChI=1S/C16H18N2O2S/c1-2-9-17-16(20)13-7-3-4-8-14(13)18-15(19)11-12-6-5-10-21-12/h3-8,10H,2,9,11H2,1H3,(H,17,20)(H,18,19). The summed E-state index contributed by atoms with van der Waals surface area (Å²) in [5, 5.41) is 7.57. The van der Waals surface area contributed by atoms with E-state index < -0.39 is 0 Å². The molecule has 1 heterocycles. The van der Waals surface area contributed by atoms with Crippen LogP contribution in [0.5, 0.6) is 0 Å². The van der Waals surface area contributed by atoms with Gasteiger partial charge >= 0.3 is 0 Å². The number of hydrogen-bond acceptors (Lipinski definition) is 3. The first-order valence-corrected chi connectivity index (χ1v) is 7.78. The molecular formula is C16H18N2O2S. The van der Waals surface area contributed by atoms with Crippen LogP contribution in [-0.2, 0) is 11.2 Å². The van der Waals surface area contributed by atoms with Crippen LogP contribution in [0.15, 0.2) is 41.8 Å². The van der Waals surface area contributed by atoms with Gasteiger partial charge < -0.3 is 10.6 Å². The molecule has 0 saturated heterocycles. The number of thiophene rings is 1. The molecule has 1 aromatic carbocycles. The van der Waals surface area contributed by atoms with Crippen molar-refractivity contribution in [2.24, 2.45) is 0 Å². The fourth-order valence-corrected chi connectivity index (χ4v) is 2.59. The Morgan fingerprint density at radius 3 is 2.67 bits per heavy atom. The van der Waals surface area contributed by atoms with Crippen molar-refractivity contribution in [1.82, 2.24) is 5.32 Å². The van der Waals surface area contributed by atoms with Gasteiger partial charge in [0, 0.05) is 11.4 Å². The van der Waals surface area contributed by atoms with Crippen LogP contribution < -0.4 is 10.6 Å². The maximum atomic E-state index is 12.1. The number of rotatable bonds is 6. The molecule has 2 aromatic rings. The van der Waals surface area contributed by atoms with Gasteiger partial charge in [0.1, 0.15) is 0 Å². The number of hydrogen-bond donors (Lipinski definition) is 2. The molecule has 110 valence electrons. The fraction of sp³-hybridized carbons (Fsp3) is 0.250. The second-order valence-electron chi connectivity index (χ2n) is 4.61. The molecule has 0 unspecified atom stereocenters. The summed E-state index contributed by atoms with van der Waals surface area (Å²) >= 11 is 1.54. The fourth-order valence-electron chi connectivity index (χ4n) is 1.89. The first kappa shape index (κ1) is 15.3. The monoisotopic (exact) mass is 302 g/mol. The minimum absolute atomic E-state index is 0.117. The second kappa shape index (κ2) is 7.59. The highest BCUT2D eigenvalue weighted by atomic mass is 32.1. The first-order valence-electron chi connectivity index (χ1n) is 6.90. The third kappa shape index (κ3) is 4.43. The maximum Gasteiger partial charge on any atom is 0.253 e. The van der Waals surface area contributed by atoms with E-state index in [1.807, 2.05) is 24.4 Å². The van der Waals surface area contributed by atoms with Gasteiger partial charge in [-0.3, -0.25) is 9.59 Å². The van der Waals surface area contributed by atoms with Gasteiger partial charge in [0.05, 0.1) is 17.7 Å². The Morgan fingerprint density at radius 2 is 1.95 bits per heavy atom. The van der Waals surface area contributed by atoms with E-state index in [4.69, 9.17) is 0 Å². The summed E-state index contributed by atoms with van der Waals surface area (Å²) in [6, 6.07) is 10.9. The van der Waals surface area contributed by atoms with Gasteiger partial charge in [-0.05, 0) is 30.0 Å². The lowest BCUT2D eigenvalue weighted by Gasteiger charge is -2.10. The van der Waals surface area contributed by atoms with Crippen LogP contribution in [0.25, 0.3) is 0 Å². The summed E-state index contributed by atoms with van der Waals surface area (Å²) in [5.41, 5.74) is 1.04. The van der Waals surface area contributed by atoms with Crippen LogP contribution in [-0.4, -0.2) is 18.4 Å². The predicted octanol–water partition coefficient (Wildman–Crippen LogP) is 3.07. The summed E-state index contributed by atoms with van der Waals surface area (Å²) < 4.78 is 0. The highest BCUT2D eigenvalue weighted by molar-refractivity contribution is 7.10. The quantitative estimate of drug-likeness (QED) is 0.861. The third-order valence-corrected chi connectivity index (χ3v) is 3.77. The Balaban J connectivity index is 2.05. The Hall–Kier alpha value is -2.14. The molecule has 1 aromatic heterocycles. The van der Waals surface area contributed by atoms with Crippen molar-refractivity contribution < 1.29 is 9.59 Å². The minimum atomic E-state index is -0.163. The summed E-state index contributed by atoms with van der Waals surface area (Å²) in [6.45, 7) is 2.62. The van der Waals surface area contributed by atoms with Crippen LogP contribution in [0.4, 0.5) is 5.69 Å². The van der Waals surface area contributed by atoms with Gasteiger partial charge in [0.25, 0.3) is 5.91 Å². The Labute approximate surface area is 128 Å². The Morgan fingerprint density at radius 1 is 1.14 bits per heavy atom. The van der Waals surface area contributed by atoms with Crippen LogP contribution >= 0.6 is 11.3 Å². The van der Waals surface area contributed by atoms with Crippen molar-refractivity contribution in [3.63, 3.8) is 0 Å². The van der Waals surface area contributed by atoms with Crippen molar-refractivity contribution >= 4 is 28.8 Å². The molecule has 5 heteroatoms. The van der Waals surface area contributed by atoms with Crippen LogP contribution in [0, 0.1) is 0 Å². The van der Waals surface area contributed by atoms with E-state index in [2.05, 4.69) is 10.6 Å². The maximum absolute atomic E-state index is 12.1. The highest BCUT2D eigenvalue weighted by Crippen LogP contribution is 2.16. The van der Waals surface area contributed by atoms with Crippen molar-refractivity contribution in [2.45, 2.75) is 19.8 Å². The molecule has 0 fully saturated rings. The topological polar surface area (TPSA) is 58.2 Å². The molecule has 0 saturated carbocycles. The van der Waals surface area contributed by atoms with Gasteiger partial charge in [0.15, 0.2) is 0 Å². The van der Waals surface area contributed by atoms with E-state index in [1.54, 1.807) is 35.6 Å². The summed E-state index contributed by atoms with van der Waals surface area (Å²) in [7, 11) is 0. The summed E-state index contributed by atoms with van der Waals surface area (Å²) in [6.07, 6.45) is 1.20. The van der Waals surface area contributed by atoms with Gasteiger partial charge in [-0.15, -0.1) is 11.3 Å². The highest BCUT2D eigenvalue weighted by Gasteiger charge is 2.12. The molecular weight excluding hydrogens is 284 g/mol. The SMILES string of the molecule is CCCNC(=O)c1ccccc1NC(=O)Cc1cccs1. The second-order valence-corrected chi connectivity index (χ2v) is 5.64. The number of carbonyl (C=O) groups is 2. The van der Waals surface area contributed by atoms with Crippen LogP contribution in [0.1, 0.15) is 28.6 Å². The summed E-state index contributed by atoms with van der Waals surface area (Å²) in [5.74, 6) is -0.280. The number of para-hydroxylation sites is 1. The van der Waals surface area contributed by atoms with E-state index in [1.165, 1.54) is 0 Å². The van der Waals surface area contributed by atoms with Crippen molar-refractivity contribution in [3.05, 3.63) is 52.2 Å². The largest absolute Gasteiger partial charge is 0.352 e. The zero-order valence-corrected chi connectivity index (χ0v) is 12.7. The predicted molar refractivity (Wildman–Crippen MR) is 85.7 cm³/mol. The third-order valence-electron chi connectivity index (χ3n) is 2.90. The normalized spacial score (nSPS) is 10.1. The number of amides is 2. The molecule has 4 nitrogen and oxygen atoms in total. The summed E-state index contributed by atoms with van der Waals surface area (Å²) in [4.78, 5) is 25.1. The molecule has 0 aliphatic carbocycles. The van der Waals surface area contributed by atoms with Gasteiger partial charge in [0.2, 0.25) is 5.91 Å². The number of carbonyl (C=O) groups excluding carboxylic acids is 2. The first-order chi connectivity index (χ1) is 10.2. The van der Waals surface area contributed by atoms with Gasteiger partial charge in [-0.1, -0.05) is 25.1 Å². The van der Waals surface area contributed by atoms with Crippen molar-refractivity contribution in [2.75, 3.05) is 11.9 Å². The lowest BCUT2D eigenvalue weighted by atomic mass is 10.1. The van der Waals surface area contributed by atoms with E-state index in [9.17, 15) is 9.59 Å². The molecule has 2 amide bonds. The van der Waals surface area contributed by atoms with Crippen molar-refractivity contribution in [3.8, 4) is 0 Å².